The summed E-state index contributed by atoms with van der Waals surface area (Å²) in [6.45, 7) is 0.901. The van der Waals surface area contributed by atoms with Crippen molar-refractivity contribution >= 4 is 35.5 Å². The number of hydrogen-bond donors (Lipinski definition) is 2. The van der Waals surface area contributed by atoms with Gasteiger partial charge >= 0.3 is 5.97 Å². The highest BCUT2D eigenvalue weighted by molar-refractivity contribution is 6.03. The minimum Gasteiger partial charge on any atom is -0.368 e. The second kappa shape index (κ2) is 10.7. The number of unbranched alkanes of at least 4 members (excludes halogenated alkanes) is 1. The monoisotopic (exact) mass is 458 g/mol. The smallest absolute Gasteiger partial charge is 0.363 e. The molecule has 0 bridgehead atoms. The van der Waals surface area contributed by atoms with Crippen LogP contribution >= 0.6 is 0 Å². The first-order valence-corrected chi connectivity index (χ1v) is 10.8. The molecule has 176 valence electrons. The van der Waals surface area contributed by atoms with E-state index in [1.54, 1.807) is 0 Å². The van der Waals surface area contributed by atoms with E-state index in [0.29, 0.717) is 49.4 Å². The summed E-state index contributed by atoms with van der Waals surface area (Å²) in [7, 11) is 0. The zero-order valence-corrected chi connectivity index (χ0v) is 18.1. The molecular weight excluding hydrogens is 432 g/mol. The average Bonchev–Trinajstić information content (AvgIpc) is 3.35. The van der Waals surface area contributed by atoms with Crippen molar-refractivity contribution in [3.05, 3.63) is 35.4 Å². The molecule has 3 rings (SSSR count). The third-order valence-corrected chi connectivity index (χ3v) is 5.57. The topological polar surface area (TPSA) is 156 Å². The maximum Gasteiger partial charge on any atom is 0.363 e. The van der Waals surface area contributed by atoms with E-state index >= 15 is 0 Å². The first kappa shape index (κ1) is 23.9. The molecule has 2 aliphatic rings. The Morgan fingerprint density at radius 2 is 1.58 bits per heavy atom. The van der Waals surface area contributed by atoms with E-state index in [2.05, 4.69) is 5.32 Å². The standard InChI is InChI=1S/C22H26N4O7/c23-20(30)16(25-13-3-5-17(25)27)4-1-2-12-24-21(31)14-6-8-15(9-7-14)22(32)33-26-18(28)10-11-19(26)29/h6-9,16H,1-5,10-13H2,(H2,23,30)(H,24,31)/t16-/m0/s1. The van der Waals surface area contributed by atoms with Crippen molar-refractivity contribution < 1.29 is 33.6 Å². The fourth-order valence-electron chi connectivity index (χ4n) is 3.77. The second-order valence-corrected chi connectivity index (χ2v) is 7.90. The number of primary amides is 1. The van der Waals surface area contributed by atoms with Gasteiger partial charge in [-0.3, -0.25) is 24.0 Å². The van der Waals surface area contributed by atoms with Gasteiger partial charge in [-0.2, -0.15) is 0 Å². The van der Waals surface area contributed by atoms with Crippen LogP contribution in [0.3, 0.4) is 0 Å². The van der Waals surface area contributed by atoms with E-state index in [4.69, 9.17) is 10.6 Å². The van der Waals surface area contributed by atoms with Crippen LogP contribution in [0, 0.1) is 0 Å². The number of hydrogen-bond acceptors (Lipinski definition) is 7. The first-order chi connectivity index (χ1) is 15.8. The lowest BCUT2D eigenvalue weighted by Crippen LogP contribution is -2.45. The van der Waals surface area contributed by atoms with Gasteiger partial charge in [-0.25, -0.2) is 4.79 Å². The summed E-state index contributed by atoms with van der Waals surface area (Å²) in [5, 5.41) is 3.21. The number of likely N-dealkylation sites (tertiary alicyclic amines) is 1. The van der Waals surface area contributed by atoms with Crippen molar-refractivity contribution in [1.29, 1.82) is 0 Å². The Kier molecular flexibility index (Phi) is 7.75. The van der Waals surface area contributed by atoms with Crippen molar-refractivity contribution in [3.63, 3.8) is 0 Å². The van der Waals surface area contributed by atoms with Crippen LogP contribution in [0.2, 0.25) is 0 Å². The van der Waals surface area contributed by atoms with Gasteiger partial charge in [-0.1, -0.05) is 0 Å². The van der Waals surface area contributed by atoms with Crippen molar-refractivity contribution in [3.8, 4) is 0 Å². The number of nitrogens with one attached hydrogen (secondary N) is 1. The molecule has 0 unspecified atom stereocenters. The third kappa shape index (κ3) is 5.93. The summed E-state index contributed by atoms with van der Waals surface area (Å²) in [4.78, 5) is 77.3. The van der Waals surface area contributed by atoms with Crippen LogP contribution in [0.4, 0.5) is 0 Å². The van der Waals surface area contributed by atoms with Crippen molar-refractivity contribution in [2.24, 2.45) is 5.73 Å². The van der Waals surface area contributed by atoms with Crippen LogP contribution in [0.5, 0.6) is 0 Å². The molecule has 2 fully saturated rings. The largest absolute Gasteiger partial charge is 0.368 e. The summed E-state index contributed by atoms with van der Waals surface area (Å²) >= 11 is 0. The number of benzene rings is 1. The van der Waals surface area contributed by atoms with Gasteiger partial charge in [0.2, 0.25) is 11.8 Å². The molecule has 0 radical (unpaired) electrons. The highest BCUT2D eigenvalue weighted by Crippen LogP contribution is 2.18. The molecule has 2 saturated heterocycles. The molecule has 11 heteroatoms. The molecule has 3 N–H and O–H groups in total. The van der Waals surface area contributed by atoms with E-state index in [9.17, 15) is 28.8 Å². The van der Waals surface area contributed by atoms with Gasteiger partial charge in [0, 0.05) is 37.9 Å². The van der Waals surface area contributed by atoms with E-state index in [1.807, 2.05) is 0 Å². The van der Waals surface area contributed by atoms with Gasteiger partial charge < -0.3 is 20.8 Å². The maximum atomic E-state index is 12.3. The number of carbonyl (C=O) groups excluding carboxylic acids is 6. The van der Waals surface area contributed by atoms with Crippen LogP contribution in [-0.4, -0.2) is 64.6 Å². The Bertz CT molecular complexity index is 944. The van der Waals surface area contributed by atoms with Gasteiger partial charge in [-0.05, 0) is 49.9 Å². The summed E-state index contributed by atoms with van der Waals surface area (Å²) in [5.41, 5.74) is 5.85. The molecule has 2 heterocycles. The number of rotatable bonds is 10. The van der Waals surface area contributed by atoms with Crippen LogP contribution in [0.25, 0.3) is 0 Å². The van der Waals surface area contributed by atoms with Gasteiger partial charge in [-0.15, -0.1) is 5.06 Å². The number of carbonyl (C=O) groups is 6. The zero-order valence-electron chi connectivity index (χ0n) is 18.1. The summed E-state index contributed by atoms with van der Waals surface area (Å²) in [6.07, 6.45) is 2.82. The number of hydroxylamine groups is 2. The van der Waals surface area contributed by atoms with E-state index < -0.39 is 29.7 Å². The molecule has 0 saturated carbocycles. The summed E-state index contributed by atoms with van der Waals surface area (Å²) in [5.74, 6) is -2.94. The molecule has 0 aromatic heterocycles. The number of imide groups is 1. The van der Waals surface area contributed by atoms with Crippen LogP contribution in [-0.2, 0) is 24.0 Å². The molecule has 0 aliphatic carbocycles. The predicted molar refractivity (Wildman–Crippen MR) is 113 cm³/mol. The highest BCUT2D eigenvalue weighted by atomic mass is 16.7. The fraction of sp³-hybridized carbons (Fsp3) is 0.455. The van der Waals surface area contributed by atoms with E-state index in [-0.39, 0.29) is 30.2 Å². The average molecular weight is 458 g/mol. The molecule has 5 amide bonds. The van der Waals surface area contributed by atoms with E-state index in [0.717, 1.165) is 6.42 Å². The molecule has 1 aromatic carbocycles. The Balaban J connectivity index is 1.42. The molecule has 11 nitrogen and oxygen atoms in total. The van der Waals surface area contributed by atoms with Crippen molar-refractivity contribution in [2.75, 3.05) is 13.1 Å². The summed E-state index contributed by atoms with van der Waals surface area (Å²) in [6, 6.07) is 4.98. The van der Waals surface area contributed by atoms with E-state index in [1.165, 1.54) is 29.2 Å². The fourth-order valence-corrected chi connectivity index (χ4v) is 3.77. The number of amides is 5. The number of nitrogens with two attached hydrogens (primary N) is 1. The Morgan fingerprint density at radius 3 is 2.15 bits per heavy atom. The lowest BCUT2D eigenvalue weighted by molar-refractivity contribution is -0.172. The zero-order chi connectivity index (χ0) is 24.0. The summed E-state index contributed by atoms with van der Waals surface area (Å²) < 4.78 is 0. The van der Waals surface area contributed by atoms with Gasteiger partial charge in [0.1, 0.15) is 6.04 Å². The molecule has 0 spiro atoms. The highest BCUT2D eigenvalue weighted by Gasteiger charge is 2.33. The van der Waals surface area contributed by atoms with Crippen LogP contribution in [0.1, 0.15) is 65.7 Å². The molecule has 2 aliphatic heterocycles. The van der Waals surface area contributed by atoms with Crippen molar-refractivity contribution in [2.45, 2.75) is 51.0 Å². The number of nitrogens with zero attached hydrogens (tertiary/aromatic N) is 2. The normalized spacial score (nSPS) is 16.8. The lowest BCUT2D eigenvalue weighted by Gasteiger charge is -2.25. The van der Waals surface area contributed by atoms with Crippen LogP contribution in [0.15, 0.2) is 24.3 Å². The quantitative estimate of drug-likeness (QED) is 0.377. The predicted octanol–water partition coefficient (Wildman–Crippen LogP) is 0.284. The molecular formula is C22H26N4O7. The SMILES string of the molecule is NC(=O)[C@H](CCCCNC(=O)c1ccc(C(=O)ON2C(=O)CCC2=O)cc1)N1CCCC1=O. The lowest BCUT2D eigenvalue weighted by atomic mass is 10.1. The molecule has 1 aromatic rings. The minimum atomic E-state index is -0.869. The third-order valence-electron chi connectivity index (χ3n) is 5.57. The molecule has 1 atom stereocenters. The van der Waals surface area contributed by atoms with Crippen LogP contribution < -0.4 is 11.1 Å². The van der Waals surface area contributed by atoms with Gasteiger partial charge in [0.05, 0.1) is 5.56 Å². The Morgan fingerprint density at radius 1 is 0.939 bits per heavy atom. The van der Waals surface area contributed by atoms with Gasteiger partial charge in [0.15, 0.2) is 0 Å². The Labute approximate surface area is 190 Å². The van der Waals surface area contributed by atoms with Gasteiger partial charge in [0.25, 0.3) is 17.7 Å². The minimum absolute atomic E-state index is 0.00475. The Hall–Kier alpha value is -3.76. The molecule has 33 heavy (non-hydrogen) atoms. The first-order valence-electron chi connectivity index (χ1n) is 10.8. The second-order valence-electron chi connectivity index (χ2n) is 7.90. The van der Waals surface area contributed by atoms with Crippen molar-refractivity contribution in [1.82, 2.24) is 15.3 Å². The maximum absolute atomic E-state index is 12.3.